The van der Waals surface area contributed by atoms with Crippen molar-refractivity contribution < 1.29 is 14.3 Å². The van der Waals surface area contributed by atoms with E-state index in [1.807, 2.05) is 29.9 Å². The number of anilines is 1. The number of nitrogens with two attached hydrogens (primary N) is 1. The van der Waals surface area contributed by atoms with Gasteiger partial charge in [-0.25, -0.2) is 9.97 Å². The SMILES string of the molecule is C#Cc1cnc(N2CCC(N(C)C(=O)COCCn3ccc4ccc(C(N)=O)cc43)CC2)nc1. The minimum atomic E-state index is -0.459. The molecule has 2 aromatic heterocycles. The maximum Gasteiger partial charge on any atom is 0.248 e. The first-order valence-electron chi connectivity index (χ1n) is 11.2. The minimum absolute atomic E-state index is 0.0269. The van der Waals surface area contributed by atoms with Gasteiger partial charge >= 0.3 is 0 Å². The number of carbonyl (C=O) groups excluding carboxylic acids is 2. The Morgan fingerprint density at radius 2 is 1.97 bits per heavy atom. The molecule has 2 amide bonds. The summed E-state index contributed by atoms with van der Waals surface area (Å²) in [5, 5.41) is 1.02. The van der Waals surface area contributed by atoms with Crippen LogP contribution in [0.25, 0.3) is 10.9 Å². The van der Waals surface area contributed by atoms with Crippen LogP contribution in [0.5, 0.6) is 0 Å². The van der Waals surface area contributed by atoms with Crippen molar-refractivity contribution in [3.8, 4) is 12.3 Å². The number of piperidine rings is 1. The van der Waals surface area contributed by atoms with Crippen LogP contribution in [0, 0.1) is 12.3 Å². The second-order valence-electron chi connectivity index (χ2n) is 8.34. The summed E-state index contributed by atoms with van der Waals surface area (Å²) in [7, 11) is 1.83. The topological polar surface area (TPSA) is 107 Å². The maximum atomic E-state index is 12.6. The second kappa shape index (κ2) is 10.4. The first kappa shape index (κ1) is 23.3. The number of ether oxygens (including phenoxy) is 1. The van der Waals surface area contributed by atoms with Crippen LogP contribution in [0.2, 0.25) is 0 Å². The van der Waals surface area contributed by atoms with Crippen molar-refractivity contribution >= 4 is 28.7 Å². The molecule has 0 atom stereocenters. The van der Waals surface area contributed by atoms with Crippen molar-refractivity contribution in [3.63, 3.8) is 0 Å². The Balaban J connectivity index is 1.22. The molecule has 1 fully saturated rings. The highest BCUT2D eigenvalue weighted by molar-refractivity contribution is 5.97. The lowest BCUT2D eigenvalue weighted by Crippen LogP contribution is -2.47. The molecule has 0 unspecified atom stereocenters. The van der Waals surface area contributed by atoms with Crippen LogP contribution >= 0.6 is 0 Å². The van der Waals surface area contributed by atoms with Gasteiger partial charge in [0.1, 0.15) is 6.61 Å². The number of carbonyl (C=O) groups is 2. The Bertz CT molecular complexity index is 1210. The summed E-state index contributed by atoms with van der Waals surface area (Å²) in [6, 6.07) is 7.48. The van der Waals surface area contributed by atoms with E-state index < -0.39 is 5.91 Å². The second-order valence-corrected chi connectivity index (χ2v) is 8.34. The van der Waals surface area contributed by atoms with Crippen molar-refractivity contribution in [3.05, 3.63) is 54.0 Å². The number of benzene rings is 1. The van der Waals surface area contributed by atoms with Crippen molar-refractivity contribution in [1.29, 1.82) is 0 Å². The molecule has 0 bridgehead atoms. The average molecular weight is 461 g/mol. The molecule has 0 aliphatic carbocycles. The van der Waals surface area contributed by atoms with Crippen LogP contribution in [0.3, 0.4) is 0 Å². The number of amides is 2. The van der Waals surface area contributed by atoms with Gasteiger partial charge in [-0.05, 0) is 36.4 Å². The number of rotatable bonds is 8. The van der Waals surface area contributed by atoms with E-state index in [2.05, 4.69) is 20.8 Å². The standard InChI is InChI=1S/C25H28N6O3/c1-3-18-15-27-25(28-16-18)31-10-7-21(8-11-31)29(2)23(32)17-34-13-12-30-9-6-19-4-5-20(24(26)33)14-22(19)30/h1,4-6,9,14-16,21H,7-8,10-13,17H2,2H3,(H2,26,33). The van der Waals surface area contributed by atoms with E-state index in [1.54, 1.807) is 29.4 Å². The third kappa shape index (κ3) is 5.18. The van der Waals surface area contributed by atoms with Crippen LogP contribution in [0.1, 0.15) is 28.8 Å². The lowest BCUT2D eigenvalue weighted by atomic mass is 10.0. The van der Waals surface area contributed by atoms with E-state index in [4.69, 9.17) is 16.9 Å². The molecular weight excluding hydrogens is 432 g/mol. The highest BCUT2D eigenvalue weighted by Gasteiger charge is 2.26. The number of nitrogens with zero attached hydrogens (tertiary/aromatic N) is 5. The quantitative estimate of drug-likeness (QED) is 0.405. The zero-order chi connectivity index (χ0) is 24.1. The fourth-order valence-corrected chi connectivity index (χ4v) is 4.17. The fourth-order valence-electron chi connectivity index (χ4n) is 4.17. The fraction of sp³-hybridized carbons (Fsp3) is 0.360. The minimum Gasteiger partial charge on any atom is -0.370 e. The Kier molecular flexibility index (Phi) is 7.09. The summed E-state index contributed by atoms with van der Waals surface area (Å²) in [6.07, 6.45) is 12.3. The molecule has 0 radical (unpaired) electrons. The molecule has 1 saturated heterocycles. The molecule has 34 heavy (non-hydrogen) atoms. The molecule has 1 aliphatic heterocycles. The van der Waals surface area contributed by atoms with E-state index in [0.29, 0.717) is 30.2 Å². The summed E-state index contributed by atoms with van der Waals surface area (Å²) in [5.41, 5.74) is 7.42. The zero-order valence-corrected chi connectivity index (χ0v) is 19.2. The van der Waals surface area contributed by atoms with Crippen LogP contribution in [0.4, 0.5) is 5.95 Å². The average Bonchev–Trinajstić information content (AvgIpc) is 3.28. The molecule has 1 aliphatic rings. The number of terminal acetylenes is 1. The molecule has 4 rings (SSSR count). The number of fused-ring (bicyclic) bond motifs is 1. The van der Waals surface area contributed by atoms with E-state index in [1.165, 1.54) is 0 Å². The largest absolute Gasteiger partial charge is 0.370 e. The molecule has 0 spiro atoms. The van der Waals surface area contributed by atoms with Gasteiger partial charge in [0.15, 0.2) is 0 Å². The highest BCUT2D eigenvalue weighted by atomic mass is 16.5. The van der Waals surface area contributed by atoms with E-state index >= 15 is 0 Å². The van der Waals surface area contributed by atoms with Gasteiger partial charge in [-0.1, -0.05) is 12.0 Å². The molecule has 0 saturated carbocycles. The molecule has 2 N–H and O–H groups in total. The smallest absolute Gasteiger partial charge is 0.248 e. The van der Waals surface area contributed by atoms with Crippen LogP contribution < -0.4 is 10.6 Å². The Morgan fingerprint density at radius 1 is 1.24 bits per heavy atom. The number of primary amides is 1. The lowest BCUT2D eigenvalue weighted by molar-refractivity contribution is -0.137. The predicted octanol–water partition coefficient (Wildman–Crippen LogP) is 1.66. The summed E-state index contributed by atoms with van der Waals surface area (Å²) in [6.45, 7) is 2.52. The van der Waals surface area contributed by atoms with Gasteiger partial charge < -0.3 is 24.8 Å². The van der Waals surface area contributed by atoms with Crippen LogP contribution in [-0.4, -0.2) is 70.6 Å². The normalized spacial score (nSPS) is 14.2. The molecular formula is C25H28N6O3. The number of hydrogen-bond donors (Lipinski definition) is 1. The number of hydrogen-bond acceptors (Lipinski definition) is 6. The van der Waals surface area contributed by atoms with Gasteiger partial charge in [0.25, 0.3) is 0 Å². The van der Waals surface area contributed by atoms with Crippen molar-refractivity contribution in [1.82, 2.24) is 19.4 Å². The number of aromatic nitrogens is 3. The summed E-state index contributed by atoms with van der Waals surface area (Å²) in [4.78, 5) is 36.6. The Hall–Kier alpha value is -3.90. The molecule has 9 nitrogen and oxygen atoms in total. The maximum absolute atomic E-state index is 12.6. The Morgan fingerprint density at radius 3 is 2.65 bits per heavy atom. The monoisotopic (exact) mass is 460 g/mol. The van der Waals surface area contributed by atoms with Crippen LogP contribution in [0.15, 0.2) is 42.9 Å². The lowest BCUT2D eigenvalue weighted by Gasteiger charge is -2.36. The molecule has 3 aromatic rings. The highest BCUT2D eigenvalue weighted by Crippen LogP contribution is 2.20. The van der Waals surface area contributed by atoms with E-state index in [9.17, 15) is 9.59 Å². The van der Waals surface area contributed by atoms with Gasteiger partial charge in [-0.15, -0.1) is 6.42 Å². The van der Waals surface area contributed by atoms with Crippen molar-refractivity contribution in [2.24, 2.45) is 5.73 Å². The third-order valence-corrected chi connectivity index (χ3v) is 6.25. The predicted molar refractivity (Wildman–Crippen MR) is 129 cm³/mol. The van der Waals surface area contributed by atoms with E-state index in [-0.39, 0.29) is 18.6 Å². The summed E-state index contributed by atoms with van der Waals surface area (Å²) < 4.78 is 7.66. The zero-order valence-electron chi connectivity index (χ0n) is 19.2. The van der Waals surface area contributed by atoms with Gasteiger partial charge in [-0.3, -0.25) is 9.59 Å². The summed E-state index contributed by atoms with van der Waals surface area (Å²) in [5.74, 6) is 2.68. The van der Waals surface area contributed by atoms with E-state index in [0.717, 1.165) is 36.8 Å². The molecule has 176 valence electrons. The number of likely N-dealkylation sites (N-methyl/N-ethyl adjacent to an activating group) is 1. The molecule has 9 heteroatoms. The first-order chi connectivity index (χ1) is 16.5. The van der Waals surface area contributed by atoms with Crippen molar-refractivity contribution in [2.45, 2.75) is 25.4 Å². The summed E-state index contributed by atoms with van der Waals surface area (Å²) >= 11 is 0. The molecule has 3 heterocycles. The van der Waals surface area contributed by atoms with Gasteiger partial charge in [-0.2, -0.15) is 0 Å². The van der Waals surface area contributed by atoms with Gasteiger partial charge in [0.05, 0.1) is 12.2 Å². The van der Waals surface area contributed by atoms with Gasteiger partial charge in [0, 0.05) is 62.4 Å². The first-order valence-corrected chi connectivity index (χ1v) is 11.2. The van der Waals surface area contributed by atoms with Gasteiger partial charge in [0.2, 0.25) is 17.8 Å². The Labute approximate surface area is 198 Å². The van der Waals surface area contributed by atoms with Crippen LogP contribution in [-0.2, 0) is 16.1 Å². The third-order valence-electron chi connectivity index (χ3n) is 6.25. The van der Waals surface area contributed by atoms with Crippen molar-refractivity contribution in [2.75, 3.05) is 38.3 Å². The molecule has 1 aromatic carbocycles.